The number of rotatable bonds is 6. The first-order valence-electron chi connectivity index (χ1n) is 7.03. The molecule has 0 amide bonds. The summed E-state index contributed by atoms with van der Waals surface area (Å²) in [6.45, 7) is 2.22. The molecule has 1 aromatic heterocycles. The van der Waals surface area contributed by atoms with E-state index < -0.39 is 0 Å². The van der Waals surface area contributed by atoms with Crippen molar-refractivity contribution in [3.05, 3.63) is 36.2 Å². The van der Waals surface area contributed by atoms with Gasteiger partial charge in [0, 0.05) is 17.4 Å². The summed E-state index contributed by atoms with van der Waals surface area (Å²) < 4.78 is 2.25. The van der Waals surface area contributed by atoms with Gasteiger partial charge in [-0.15, -0.1) is 10.2 Å². The third-order valence-electron chi connectivity index (χ3n) is 3.34. The predicted octanol–water partition coefficient (Wildman–Crippen LogP) is 4.04. The molecule has 0 saturated heterocycles. The van der Waals surface area contributed by atoms with Gasteiger partial charge in [-0.05, 0) is 31.4 Å². The number of aromatic nitrogens is 3. The number of thioether (sulfide) groups is 1. The van der Waals surface area contributed by atoms with Crippen molar-refractivity contribution in [2.45, 2.75) is 43.7 Å². The van der Waals surface area contributed by atoms with E-state index in [9.17, 15) is 0 Å². The van der Waals surface area contributed by atoms with Crippen LogP contribution in [0.15, 0.2) is 35.5 Å². The summed E-state index contributed by atoms with van der Waals surface area (Å²) in [6, 6.07) is 10.5. The van der Waals surface area contributed by atoms with Gasteiger partial charge in [0.05, 0.1) is 0 Å². The van der Waals surface area contributed by atoms with E-state index >= 15 is 0 Å². The second kappa shape index (κ2) is 5.78. The van der Waals surface area contributed by atoms with Gasteiger partial charge in [0.1, 0.15) is 5.82 Å². The molecule has 1 aliphatic rings. The van der Waals surface area contributed by atoms with Crippen molar-refractivity contribution < 1.29 is 0 Å². The molecule has 0 spiro atoms. The van der Waals surface area contributed by atoms with Crippen LogP contribution in [-0.2, 0) is 0 Å². The van der Waals surface area contributed by atoms with Crippen molar-refractivity contribution >= 4 is 11.8 Å². The number of nitrogens with zero attached hydrogens (tertiary/aromatic N) is 3. The number of para-hydroxylation sites is 1. The largest absolute Gasteiger partial charge is 0.274 e. The minimum atomic E-state index is 0.619. The van der Waals surface area contributed by atoms with Gasteiger partial charge >= 0.3 is 0 Å². The van der Waals surface area contributed by atoms with Gasteiger partial charge in [-0.2, -0.15) is 0 Å². The molecule has 19 heavy (non-hydrogen) atoms. The SMILES string of the molecule is CCCCSc1nnc(C2CC2)n1-c1ccccc1. The number of unbranched alkanes of at least 4 members (excludes halogenated alkanes) is 1. The lowest BCUT2D eigenvalue weighted by Gasteiger charge is -2.09. The molecule has 3 rings (SSSR count). The van der Waals surface area contributed by atoms with Crippen LogP contribution in [0.25, 0.3) is 5.69 Å². The highest BCUT2D eigenvalue weighted by Gasteiger charge is 2.30. The van der Waals surface area contributed by atoms with E-state index in [0.29, 0.717) is 5.92 Å². The fourth-order valence-electron chi connectivity index (χ4n) is 2.11. The molecule has 3 nitrogen and oxygen atoms in total. The van der Waals surface area contributed by atoms with Crippen molar-refractivity contribution in [2.75, 3.05) is 5.75 Å². The highest BCUT2D eigenvalue weighted by molar-refractivity contribution is 7.99. The lowest BCUT2D eigenvalue weighted by Crippen LogP contribution is -2.01. The van der Waals surface area contributed by atoms with Gasteiger partial charge in [-0.3, -0.25) is 4.57 Å². The molecule has 100 valence electrons. The van der Waals surface area contributed by atoms with Crippen LogP contribution in [0.1, 0.15) is 44.3 Å². The van der Waals surface area contributed by atoms with Gasteiger partial charge in [0.15, 0.2) is 5.16 Å². The molecule has 1 heterocycles. The Bertz CT molecular complexity index is 532. The third kappa shape index (κ3) is 2.84. The van der Waals surface area contributed by atoms with E-state index in [1.807, 2.05) is 11.8 Å². The zero-order chi connectivity index (χ0) is 13.1. The average molecular weight is 273 g/mol. The zero-order valence-electron chi connectivity index (χ0n) is 11.2. The summed E-state index contributed by atoms with van der Waals surface area (Å²) in [5.74, 6) is 2.88. The Morgan fingerprint density at radius 1 is 1.21 bits per heavy atom. The van der Waals surface area contributed by atoms with Crippen molar-refractivity contribution in [3.8, 4) is 5.69 Å². The standard InChI is InChI=1S/C15H19N3S/c1-2-3-11-19-15-17-16-14(12-9-10-12)18(15)13-7-5-4-6-8-13/h4-8,12H,2-3,9-11H2,1H3. The Kier molecular flexibility index (Phi) is 3.87. The van der Waals surface area contributed by atoms with Crippen LogP contribution in [0.2, 0.25) is 0 Å². The van der Waals surface area contributed by atoms with E-state index in [4.69, 9.17) is 0 Å². The molecule has 1 aromatic carbocycles. The molecule has 0 bridgehead atoms. The van der Waals surface area contributed by atoms with Gasteiger partial charge in [0.2, 0.25) is 0 Å². The maximum absolute atomic E-state index is 4.43. The molecule has 2 aromatic rings. The Hall–Kier alpha value is -1.29. The number of benzene rings is 1. The molecular weight excluding hydrogens is 254 g/mol. The highest BCUT2D eigenvalue weighted by Crippen LogP contribution is 2.41. The summed E-state index contributed by atoms with van der Waals surface area (Å²) in [7, 11) is 0. The van der Waals surface area contributed by atoms with E-state index in [0.717, 1.165) is 16.7 Å². The van der Waals surface area contributed by atoms with E-state index in [2.05, 4.69) is 52.0 Å². The summed E-state index contributed by atoms with van der Waals surface area (Å²) >= 11 is 1.82. The van der Waals surface area contributed by atoms with Crippen LogP contribution in [0.5, 0.6) is 0 Å². The first-order chi connectivity index (χ1) is 9.40. The lowest BCUT2D eigenvalue weighted by atomic mass is 10.3. The fraction of sp³-hybridized carbons (Fsp3) is 0.467. The normalized spacial score (nSPS) is 14.8. The molecule has 1 aliphatic carbocycles. The molecule has 0 N–H and O–H groups in total. The predicted molar refractivity (Wildman–Crippen MR) is 79.0 cm³/mol. The fourth-order valence-corrected chi connectivity index (χ4v) is 3.15. The van der Waals surface area contributed by atoms with Crippen LogP contribution in [0.4, 0.5) is 0 Å². The minimum absolute atomic E-state index is 0.619. The molecule has 1 saturated carbocycles. The number of hydrogen-bond acceptors (Lipinski definition) is 3. The minimum Gasteiger partial charge on any atom is -0.274 e. The first-order valence-corrected chi connectivity index (χ1v) is 8.02. The van der Waals surface area contributed by atoms with Crippen LogP contribution < -0.4 is 0 Å². The van der Waals surface area contributed by atoms with Crippen molar-refractivity contribution in [1.29, 1.82) is 0 Å². The van der Waals surface area contributed by atoms with Gasteiger partial charge in [-0.1, -0.05) is 43.3 Å². The zero-order valence-corrected chi connectivity index (χ0v) is 12.1. The lowest BCUT2D eigenvalue weighted by molar-refractivity contribution is 0.825. The Morgan fingerprint density at radius 2 is 2.00 bits per heavy atom. The molecule has 4 heteroatoms. The first kappa shape index (κ1) is 12.7. The topological polar surface area (TPSA) is 30.7 Å². The summed E-state index contributed by atoms with van der Waals surface area (Å²) in [4.78, 5) is 0. The van der Waals surface area contributed by atoms with Crippen molar-refractivity contribution in [1.82, 2.24) is 14.8 Å². The van der Waals surface area contributed by atoms with Crippen LogP contribution in [0, 0.1) is 0 Å². The quantitative estimate of drug-likeness (QED) is 0.588. The van der Waals surface area contributed by atoms with E-state index in [1.165, 1.54) is 31.4 Å². The number of hydrogen-bond donors (Lipinski definition) is 0. The summed E-state index contributed by atoms with van der Waals surface area (Å²) in [6.07, 6.45) is 4.96. The van der Waals surface area contributed by atoms with Crippen LogP contribution in [0.3, 0.4) is 0 Å². The monoisotopic (exact) mass is 273 g/mol. The van der Waals surface area contributed by atoms with Gasteiger partial charge < -0.3 is 0 Å². The molecule has 0 radical (unpaired) electrons. The molecule has 0 unspecified atom stereocenters. The van der Waals surface area contributed by atoms with Gasteiger partial charge in [-0.25, -0.2) is 0 Å². The summed E-state index contributed by atoms with van der Waals surface area (Å²) in [5.41, 5.74) is 1.19. The second-order valence-electron chi connectivity index (χ2n) is 4.99. The average Bonchev–Trinajstić information content (AvgIpc) is 3.21. The second-order valence-corrected chi connectivity index (χ2v) is 6.05. The third-order valence-corrected chi connectivity index (χ3v) is 4.36. The Labute approximate surface area is 118 Å². The maximum Gasteiger partial charge on any atom is 0.195 e. The summed E-state index contributed by atoms with van der Waals surface area (Å²) in [5, 5.41) is 9.87. The van der Waals surface area contributed by atoms with E-state index in [-0.39, 0.29) is 0 Å². The molecule has 0 atom stereocenters. The molecular formula is C15H19N3S. The Morgan fingerprint density at radius 3 is 2.68 bits per heavy atom. The van der Waals surface area contributed by atoms with Crippen molar-refractivity contribution in [2.24, 2.45) is 0 Å². The molecule has 1 fully saturated rings. The maximum atomic E-state index is 4.43. The van der Waals surface area contributed by atoms with Crippen LogP contribution in [-0.4, -0.2) is 20.5 Å². The van der Waals surface area contributed by atoms with E-state index in [1.54, 1.807) is 0 Å². The molecule has 0 aliphatic heterocycles. The van der Waals surface area contributed by atoms with Crippen LogP contribution >= 0.6 is 11.8 Å². The highest BCUT2D eigenvalue weighted by atomic mass is 32.2. The van der Waals surface area contributed by atoms with Gasteiger partial charge in [0.25, 0.3) is 0 Å². The smallest absolute Gasteiger partial charge is 0.195 e. The Balaban J connectivity index is 1.91. The van der Waals surface area contributed by atoms with Crippen molar-refractivity contribution in [3.63, 3.8) is 0 Å².